The Kier molecular flexibility index (Phi) is 5.31. The zero-order valence-corrected chi connectivity index (χ0v) is 14.0. The molecule has 0 aliphatic carbocycles. The molecule has 0 saturated heterocycles. The number of nitrogens with zero attached hydrogens (tertiary/aromatic N) is 4. The Balaban J connectivity index is 2.14. The molecule has 2 aromatic rings. The highest BCUT2D eigenvalue weighted by atomic mass is 32.2. The minimum absolute atomic E-state index is 0.196. The number of benzene rings is 1. The molecule has 0 bridgehead atoms. The fourth-order valence-electron chi connectivity index (χ4n) is 2.17. The van der Waals surface area contributed by atoms with Crippen molar-refractivity contribution < 1.29 is 8.42 Å². The monoisotopic (exact) mass is 322 g/mol. The van der Waals surface area contributed by atoms with E-state index >= 15 is 0 Å². The van der Waals surface area contributed by atoms with Crippen molar-refractivity contribution in [3.63, 3.8) is 0 Å². The number of aromatic nitrogens is 3. The maximum absolute atomic E-state index is 12.3. The molecular formula is C15H22N4O2S. The lowest BCUT2D eigenvalue weighted by Crippen LogP contribution is -2.31. The number of rotatable bonds is 7. The van der Waals surface area contributed by atoms with Gasteiger partial charge < -0.3 is 0 Å². The van der Waals surface area contributed by atoms with E-state index in [4.69, 9.17) is 0 Å². The molecule has 0 aliphatic rings. The van der Waals surface area contributed by atoms with Gasteiger partial charge in [0.1, 0.15) is 12.7 Å². The first kappa shape index (κ1) is 16.6. The summed E-state index contributed by atoms with van der Waals surface area (Å²) in [5.41, 5.74) is 1.84. The standard InChI is InChI=1S/C15H22N4O2S/c1-4-5-10-22(20,21)18(3)13(2)14-6-8-15(9-7-14)19-12-16-11-17-19/h6-9,11-13H,4-5,10H2,1-3H3/t13-/m1/s1. The van der Waals surface area contributed by atoms with Gasteiger partial charge in [0.05, 0.1) is 11.4 Å². The predicted molar refractivity (Wildman–Crippen MR) is 86.2 cm³/mol. The highest BCUT2D eigenvalue weighted by molar-refractivity contribution is 7.89. The summed E-state index contributed by atoms with van der Waals surface area (Å²) in [5.74, 6) is 0.196. The van der Waals surface area contributed by atoms with Crippen LogP contribution in [0.25, 0.3) is 5.69 Å². The second-order valence-corrected chi connectivity index (χ2v) is 7.44. The molecular weight excluding hydrogens is 300 g/mol. The Morgan fingerprint density at radius 2 is 1.95 bits per heavy atom. The van der Waals surface area contributed by atoms with E-state index in [1.165, 1.54) is 10.6 Å². The summed E-state index contributed by atoms with van der Waals surface area (Å²) < 4.78 is 27.6. The summed E-state index contributed by atoms with van der Waals surface area (Å²) in [7, 11) is -1.58. The van der Waals surface area contributed by atoms with Gasteiger partial charge in [0.2, 0.25) is 10.0 Å². The summed E-state index contributed by atoms with van der Waals surface area (Å²) in [4.78, 5) is 3.91. The van der Waals surface area contributed by atoms with Crippen LogP contribution in [0, 0.1) is 0 Å². The van der Waals surface area contributed by atoms with E-state index in [0.717, 1.165) is 17.7 Å². The summed E-state index contributed by atoms with van der Waals surface area (Å²) in [6.45, 7) is 3.88. The molecule has 0 spiro atoms. The number of hydrogen-bond donors (Lipinski definition) is 0. The van der Waals surface area contributed by atoms with Crippen LogP contribution >= 0.6 is 0 Å². The highest BCUT2D eigenvalue weighted by Gasteiger charge is 2.23. The van der Waals surface area contributed by atoms with Gasteiger partial charge in [-0.1, -0.05) is 25.5 Å². The third-order valence-electron chi connectivity index (χ3n) is 3.80. The molecule has 0 aliphatic heterocycles. The van der Waals surface area contributed by atoms with Crippen molar-refractivity contribution in [3.8, 4) is 5.69 Å². The van der Waals surface area contributed by atoms with Crippen LogP contribution in [0.2, 0.25) is 0 Å². The van der Waals surface area contributed by atoms with Crippen LogP contribution in [0.15, 0.2) is 36.9 Å². The van der Waals surface area contributed by atoms with Crippen molar-refractivity contribution in [3.05, 3.63) is 42.5 Å². The molecule has 2 rings (SSSR count). The third-order valence-corrected chi connectivity index (χ3v) is 5.80. The van der Waals surface area contributed by atoms with Gasteiger partial charge in [-0.2, -0.15) is 9.40 Å². The van der Waals surface area contributed by atoms with Crippen LogP contribution in [0.3, 0.4) is 0 Å². The molecule has 0 unspecified atom stereocenters. The van der Waals surface area contributed by atoms with E-state index in [2.05, 4.69) is 10.1 Å². The zero-order chi connectivity index (χ0) is 16.2. The maximum Gasteiger partial charge on any atom is 0.214 e. The van der Waals surface area contributed by atoms with E-state index in [1.807, 2.05) is 38.1 Å². The number of sulfonamides is 1. The summed E-state index contributed by atoms with van der Waals surface area (Å²) in [6, 6.07) is 7.47. The lowest BCUT2D eigenvalue weighted by molar-refractivity contribution is 0.397. The Labute approximate surface area is 131 Å². The van der Waals surface area contributed by atoms with Crippen molar-refractivity contribution in [1.82, 2.24) is 19.1 Å². The SMILES string of the molecule is CCCCS(=O)(=O)N(C)[C@H](C)c1ccc(-n2cncn2)cc1. The van der Waals surface area contributed by atoms with Gasteiger partial charge in [0.25, 0.3) is 0 Å². The first-order valence-corrected chi connectivity index (χ1v) is 8.97. The van der Waals surface area contributed by atoms with Gasteiger partial charge >= 0.3 is 0 Å². The molecule has 120 valence electrons. The third kappa shape index (κ3) is 3.72. The molecule has 0 fully saturated rings. The second kappa shape index (κ2) is 7.02. The van der Waals surface area contributed by atoms with Crippen molar-refractivity contribution in [1.29, 1.82) is 0 Å². The molecule has 7 heteroatoms. The minimum Gasteiger partial charge on any atom is -0.223 e. The van der Waals surface area contributed by atoms with Crippen molar-refractivity contribution in [2.75, 3.05) is 12.8 Å². The summed E-state index contributed by atoms with van der Waals surface area (Å²) in [6.07, 6.45) is 4.66. The normalized spacial score (nSPS) is 13.5. The molecule has 1 aromatic heterocycles. The van der Waals surface area contributed by atoms with E-state index in [-0.39, 0.29) is 11.8 Å². The van der Waals surface area contributed by atoms with Gasteiger partial charge in [0.15, 0.2) is 0 Å². The van der Waals surface area contributed by atoms with E-state index < -0.39 is 10.0 Å². The Morgan fingerprint density at radius 3 is 2.50 bits per heavy atom. The van der Waals surface area contributed by atoms with Crippen LogP contribution in [-0.2, 0) is 10.0 Å². The molecule has 6 nitrogen and oxygen atoms in total. The fourth-order valence-corrected chi connectivity index (χ4v) is 3.71. The van der Waals surface area contributed by atoms with Gasteiger partial charge in [-0.15, -0.1) is 0 Å². The minimum atomic E-state index is -3.22. The molecule has 1 atom stereocenters. The molecule has 0 amide bonds. The van der Waals surface area contributed by atoms with Gasteiger partial charge in [-0.3, -0.25) is 0 Å². The van der Waals surface area contributed by atoms with Crippen LogP contribution in [0.4, 0.5) is 0 Å². The van der Waals surface area contributed by atoms with E-state index in [0.29, 0.717) is 6.42 Å². The second-order valence-electron chi connectivity index (χ2n) is 5.29. The van der Waals surface area contributed by atoms with E-state index in [9.17, 15) is 8.42 Å². The predicted octanol–water partition coefficient (Wildman–Crippen LogP) is 2.39. The van der Waals surface area contributed by atoms with Gasteiger partial charge in [-0.05, 0) is 31.0 Å². The molecule has 0 N–H and O–H groups in total. The van der Waals surface area contributed by atoms with Crippen molar-refractivity contribution in [2.45, 2.75) is 32.7 Å². The average molecular weight is 322 g/mol. The van der Waals surface area contributed by atoms with Gasteiger partial charge in [0, 0.05) is 13.1 Å². The molecule has 0 saturated carbocycles. The molecule has 0 radical (unpaired) electrons. The lowest BCUT2D eigenvalue weighted by atomic mass is 10.1. The van der Waals surface area contributed by atoms with Crippen molar-refractivity contribution in [2.24, 2.45) is 0 Å². The largest absolute Gasteiger partial charge is 0.223 e. The average Bonchev–Trinajstić information content (AvgIpc) is 3.06. The Hall–Kier alpha value is -1.73. The lowest BCUT2D eigenvalue weighted by Gasteiger charge is -2.24. The van der Waals surface area contributed by atoms with Crippen molar-refractivity contribution >= 4 is 10.0 Å². The van der Waals surface area contributed by atoms with E-state index in [1.54, 1.807) is 18.1 Å². The first-order valence-electron chi connectivity index (χ1n) is 7.36. The summed E-state index contributed by atoms with van der Waals surface area (Å²) in [5, 5.41) is 4.07. The number of hydrogen-bond acceptors (Lipinski definition) is 4. The maximum atomic E-state index is 12.3. The molecule has 22 heavy (non-hydrogen) atoms. The van der Waals surface area contributed by atoms with Crippen LogP contribution in [0.5, 0.6) is 0 Å². The van der Waals surface area contributed by atoms with Crippen LogP contribution in [0.1, 0.15) is 38.3 Å². The zero-order valence-electron chi connectivity index (χ0n) is 13.2. The molecule has 1 heterocycles. The topological polar surface area (TPSA) is 68.1 Å². The summed E-state index contributed by atoms with van der Waals surface area (Å²) >= 11 is 0. The fraction of sp³-hybridized carbons (Fsp3) is 0.467. The highest BCUT2D eigenvalue weighted by Crippen LogP contribution is 2.23. The van der Waals surface area contributed by atoms with Gasteiger partial charge in [-0.25, -0.2) is 18.1 Å². The Bertz CT molecular complexity index is 681. The number of unbranched alkanes of at least 4 members (excludes halogenated alkanes) is 1. The smallest absolute Gasteiger partial charge is 0.214 e. The Morgan fingerprint density at radius 1 is 1.27 bits per heavy atom. The molecule has 1 aromatic carbocycles. The quantitative estimate of drug-likeness (QED) is 0.785. The first-order chi connectivity index (χ1) is 10.5. The van der Waals surface area contributed by atoms with Crippen LogP contribution < -0.4 is 0 Å². The van der Waals surface area contributed by atoms with Crippen LogP contribution in [-0.4, -0.2) is 40.3 Å².